The van der Waals surface area contributed by atoms with Crippen molar-refractivity contribution in [2.75, 3.05) is 33.0 Å². The highest BCUT2D eigenvalue weighted by molar-refractivity contribution is 5.94. The first kappa shape index (κ1) is 19.1. The molecule has 0 fully saturated rings. The first-order valence-corrected chi connectivity index (χ1v) is 8.09. The minimum absolute atomic E-state index is 0.107. The summed E-state index contributed by atoms with van der Waals surface area (Å²) >= 11 is 0. The monoisotopic (exact) mass is 354 g/mol. The van der Waals surface area contributed by atoms with Crippen LogP contribution in [-0.4, -0.2) is 44.1 Å². The zero-order valence-electron chi connectivity index (χ0n) is 14.8. The van der Waals surface area contributed by atoms with Gasteiger partial charge in [-0.15, -0.1) is 0 Å². The Balaban J connectivity index is 1.82. The van der Waals surface area contributed by atoms with Crippen molar-refractivity contribution >= 4 is 23.6 Å². The number of anilines is 1. The van der Waals surface area contributed by atoms with Crippen molar-refractivity contribution in [3.63, 3.8) is 0 Å². The van der Waals surface area contributed by atoms with Crippen LogP contribution in [0.2, 0.25) is 0 Å². The van der Waals surface area contributed by atoms with Crippen LogP contribution in [-0.2, 0) is 9.53 Å². The van der Waals surface area contributed by atoms with Gasteiger partial charge in [-0.2, -0.15) is 0 Å². The van der Waals surface area contributed by atoms with Crippen LogP contribution in [0.15, 0.2) is 54.6 Å². The smallest absolute Gasteiger partial charge is 0.330 e. The Morgan fingerprint density at radius 2 is 1.88 bits per heavy atom. The summed E-state index contributed by atoms with van der Waals surface area (Å²) in [4.78, 5) is 25.0. The third kappa shape index (κ3) is 5.66. The Bertz CT molecular complexity index is 785. The third-order valence-electron chi connectivity index (χ3n) is 3.67. The molecule has 6 heteroatoms. The van der Waals surface area contributed by atoms with Crippen LogP contribution in [0.4, 0.5) is 5.69 Å². The van der Waals surface area contributed by atoms with Crippen LogP contribution >= 0.6 is 0 Å². The van der Waals surface area contributed by atoms with Gasteiger partial charge in [-0.1, -0.05) is 18.2 Å². The summed E-state index contributed by atoms with van der Waals surface area (Å²) in [6.45, 7) is 0.805. The molecule has 1 amide bonds. The number of nitrogen functional groups attached to an aromatic ring is 1. The summed E-state index contributed by atoms with van der Waals surface area (Å²) in [7, 11) is 3.05. The summed E-state index contributed by atoms with van der Waals surface area (Å²) in [5.74, 6) is 0.174. The van der Waals surface area contributed by atoms with E-state index >= 15 is 0 Å². The van der Waals surface area contributed by atoms with Gasteiger partial charge in [-0.25, -0.2) is 4.79 Å². The predicted molar refractivity (Wildman–Crippen MR) is 101 cm³/mol. The molecule has 0 saturated carbocycles. The lowest BCUT2D eigenvalue weighted by Gasteiger charge is -2.17. The summed E-state index contributed by atoms with van der Waals surface area (Å²) in [6, 6.07) is 14.1. The van der Waals surface area contributed by atoms with Crippen LogP contribution in [0, 0.1) is 0 Å². The first-order chi connectivity index (χ1) is 12.5. The van der Waals surface area contributed by atoms with E-state index in [2.05, 4.69) is 4.74 Å². The number of carbonyl (C=O) groups excluding carboxylic acids is 2. The fraction of sp³-hybridized carbons (Fsp3) is 0.200. The zero-order chi connectivity index (χ0) is 18.9. The number of likely N-dealkylation sites (N-methyl/N-ethyl adjacent to an activating group) is 1. The average molecular weight is 354 g/mol. The van der Waals surface area contributed by atoms with E-state index in [1.165, 1.54) is 13.2 Å². The molecule has 6 nitrogen and oxygen atoms in total. The number of amides is 1. The average Bonchev–Trinajstić information content (AvgIpc) is 2.66. The van der Waals surface area contributed by atoms with Crippen LogP contribution in [0.1, 0.15) is 15.9 Å². The Morgan fingerprint density at radius 3 is 2.54 bits per heavy atom. The van der Waals surface area contributed by atoms with Crippen LogP contribution in [0.5, 0.6) is 5.75 Å². The lowest BCUT2D eigenvalue weighted by molar-refractivity contribution is -0.134. The molecule has 0 radical (unpaired) electrons. The number of methoxy groups -OCH3 is 1. The molecule has 0 spiro atoms. The van der Waals surface area contributed by atoms with E-state index in [0.717, 1.165) is 5.56 Å². The van der Waals surface area contributed by atoms with Crippen molar-refractivity contribution in [1.29, 1.82) is 0 Å². The van der Waals surface area contributed by atoms with Crippen LogP contribution < -0.4 is 10.5 Å². The summed E-state index contributed by atoms with van der Waals surface area (Å²) in [5, 5.41) is 0. The SMILES string of the molecule is COC(=O)/C=C/c1ccc(OCCN(C)C(=O)c2cccc(N)c2)cc1. The van der Waals surface area contributed by atoms with Gasteiger partial charge in [0.05, 0.1) is 13.7 Å². The molecule has 2 rings (SSSR count). The van der Waals surface area contributed by atoms with E-state index in [1.807, 2.05) is 12.1 Å². The highest BCUT2D eigenvalue weighted by atomic mass is 16.5. The standard InChI is InChI=1S/C20H22N2O4/c1-22(20(24)16-4-3-5-17(21)14-16)12-13-26-18-9-6-15(7-10-18)8-11-19(23)25-2/h3-11,14H,12-13,21H2,1-2H3/b11-8+. The van der Waals surface area contributed by atoms with E-state index in [-0.39, 0.29) is 5.91 Å². The molecule has 0 aromatic heterocycles. The molecule has 0 atom stereocenters. The molecule has 0 bridgehead atoms. The molecule has 0 heterocycles. The van der Waals surface area contributed by atoms with E-state index in [4.69, 9.17) is 10.5 Å². The second kappa shape index (κ2) is 9.27. The fourth-order valence-corrected chi connectivity index (χ4v) is 2.20. The number of nitrogens with two attached hydrogens (primary N) is 1. The molecule has 2 N–H and O–H groups in total. The Labute approximate surface area is 152 Å². The van der Waals surface area contributed by atoms with E-state index in [1.54, 1.807) is 54.4 Å². The number of benzene rings is 2. The van der Waals surface area contributed by atoms with Gasteiger partial charge in [0, 0.05) is 24.4 Å². The molecule has 0 aliphatic carbocycles. The van der Waals surface area contributed by atoms with Crippen molar-refractivity contribution in [3.05, 3.63) is 65.7 Å². The molecule has 0 unspecified atom stereocenters. The summed E-state index contributed by atoms with van der Waals surface area (Å²) in [5.41, 5.74) is 7.67. The molecule has 0 saturated heterocycles. The Hall–Kier alpha value is -3.28. The number of nitrogens with zero attached hydrogens (tertiary/aromatic N) is 1. The molecule has 2 aromatic carbocycles. The number of rotatable bonds is 7. The lowest BCUT2D eigenvalue weighted by Crippen LogP contribution is -2.30. The van der Waals surface area contributed by atoms with Gasteiger partial charge in [0.1, 0.15) is 12.4 Å². The van der Waals surface area contributed by atoms with Gasteiger partial charge in [-0.05, 0) is 42.0 Å². The number of hydrogen-bond acceptors (Lipinski definition) is 5. The van der Waals surface area contributed by atoms with Crippen molar-refractivity contribution in [1.82, 2.24) is 4.90 Å². The van der Waals surface area contributed by atoms with E-state index in [9.17, 15) is 9.59 Å². The highest BCUT2D eigenvalue weighted by Gasteiger charge is 2.11. The van der Waals surface area contributed by atoms with Crippen molar-refractivity contribution in [3.8, 4) is 5.75 Å². The minimum atomic E-state index is -0.404. The molecule has 0 aliphatic rings. The lowest BCUT2D eigenvalue weighted by atomic mass is 10.2. The molecule has 26 heavy (non-hydrogen) atoms. The van der Waals surface area contributed by atoms with Gasteiger partial charge in [0.25, 0.3) is 5.91 Å². The maximum Gasteiger partial charge on any atom is 0.330 e. The van der Waals surface area contributed by atoms with Crippen molar-refractivity contribution in [2.45, 2.75) is 0 Å². The Morgan fingerprint density at radius 1 is 1.15 bits per heavy atom. The topological polar surface area (TPSA) is 81.9 Å². The number of esters is 1. The molecule has 2 aromatic rings. The molecule has 136 valence electrons. The first-order valence-electron chi connectivity index (χ1n) is 8.09. The third-order valence-corrected chi connectivity index (χ3v) is 3.67. The maximum atomic E-state index is 12.3. The van der Waals surface area contributed by atoms with Crippen LogP contribution in [0.3, 0.4) is 0 Å². The highest BCUT2D eigenvalue weighted by Crippen LogP contribution is 2.14. The van der Waals surface area contributed by atoms with Crippen molar-refractivity contribution < 1.29 is 19.1 Å². The van der Waals surface area contributed by atoms with E-state index in [0.29, 0.717) is 30.2 Å². The number of hydrogen-bond donors (Lipinski definition) is 1. The fourth-order valence-electron chi connectivity index (χ4n) is 2.20. The number of carbonyl (C=O) groups is 2. The van der Waals surface area contributed by atoms with E-state index < -0.39 is 5.97 Å². The zero-order valence-corrected chi connectivity index (χ0v) is 14.8. The molecule has 0 aliphatic heterocycles. The van der Waals surface area contributed by atoms with Gasteiger partial charge in [0.15, 0.2) is 0 Å². The predicted octanol–water partition coefficient (Wildman–Crippen LogP) is 2.61. The van der Waals surface area contributed by atoms with Crippen LogP contribution in [0.25, 0.3) is 6.08 Å². The second-order valence-corrected chi connectivity index (χ2v) is 5.63. The largest absolute Gasteiger partial charge is 0.492 e. The van der Waals surface area contributed by atoms with Gasteiger partial charge >= 0.3 is 5.97 Å². The van der Waals surface area contributed by atoms with Gasteiger partial charge in [0.2, 0.25) is 0 Å². The summed E-state index contributed by atoms with van der Waals surface area (Å²) < 4.78 is 10.2. The van der Waals surface area contributed by atoms with Gasteiger partial charge in [-0.3, -0.25) is 4.79 Å². The second-order valence-electron chi connectivity index (χ2n) is 5.63. The molecular formula is C20H22N2O4. The number of ether oxygens (including phenoxy) is 2. The summed E-state index contributed by atoms with van der Waals surface area (Å²) in [6.07, 6.45) is 3.01. The Kier molecular flexibility index (Phi) is 6.79. The maximum absolute atomic E-state index is 12.3. The minimum Gasteiger partial charge on any atom is -0.492 e. The van der Waals surface area contributed by atoms with Crippen molar-refractivity contribution in [2.24, 2.45) is 0 Å². The normalized spacial score (nSPS) is 10.5. The quantitative estimate of drug-likeness (QED) is 0.469. The molecular weight excluding hydrogens is 332 g/mol. The van der Waals surface area contributed by atoms with Gasteiger partial charge < -0.3 is 20.1 Å².